The molecule has 0 aliphatic carbocycles. The topological polar surface area (TPSA) is 59.2 Å². The maximum Gasteiger partial charge on any atom is 0.311 e. The summed E-state index contributed by atoms with van der Waals surface area (Å²) in [5.74, 6) is 0.0870. The molecule has 0 fully saturated rings. The zero-order chi connectivity index (χ0) is 16.5. The lowest BCUT2D eigenvalue weighted by atomic mass is 10.00. The van der Waals surface area contributed by atoms with Gasteiger partial charge in [-0.1, -0.05) is 35.9 Å². The van der Waals surface area contributed by atoms with Crippen LogP contribution in [-0.2, 0) is 13.0 Å². The van der Waals surface area contributed by atoms with Crippen molar-refractivity contribution in [2.75, 3.05) is 6.54 Å². The number of benzene rings is 2. The minimum atomic E-state index is -0.239. The van der Waals surface area contributed by atoms with Crippen LogP contribution in [0.1, 0.15) is 21.8 Å². The van der Waals surface area contributed by atoms with E-state index >= 15 is 0 Å². The van der Waals surface area contributed by atoms with Crippen molar-refractivity contribution in [3.05, 3.63) is 70.6 Å². The summed E-state index contributed by atoms with van der Waals surface area (Å²) in [4.78, 5) is 14.4. The van der Waals surface area contributed by atoms with Crippen molar-refractivity contribution in [1.82, 2.24) is 15.1 Å². The Hall–Kier alpha value is -2.66. The molecular formula is C18H14ClN3O2. The highest BCUT2D eigenvalue weighted by atomic mass is 35.5. The van der Waals surface area contributed by atoms with Gasteiger partial charge in [-0.25, -0.2) is 0 Å². The number of nitrogens with zero attached hydrogens (tertiary/aromatic N) is 3. The van der Waals surface area contributed by atoms with Crippen molar-refractivity contribution < 1.29 is 9.21 Å². The van der Waals surface area contributed by atoms with Gasteiger partial charge in [-0.15, -0.1) is 10.2 Å². The van der Waals surface area contributed by atoms with E-state index in [4.69, 9.17) is 16.0 Å². The molecule has 1 aromatic heterocycles. The average molecular weight is 340 g/mol. The summed E-state index contributed by atoms with van der Waals surface area (Å²) in [5, 5.41) is 8.50. The molecule has 0 saturated heterocycles. The van der Waals surface area contributed by atoms with Gasteiger partial charge in [-0.05, 0) is 41.8 Å². The molecule has 3 aromatic rings. The molecule has 0 radical (unpaired) electrons. The first-order valence-corrected chi connectivity index (χ1v) is 8.04. The zero-order valence-corrected chi connectivity index (χ0v) is 13.5. The third-order valence-electron chi connectivity index (χ3n) is 4.12. The predicted molar refractivity (Wildman–Crippen MR) is 89.6 cm³/mol. The molecule has 0 N–H and O–H groups in total. The summed E-state index contributed by atoms with van der Waals surface area (Å²) in [5.41, 5.74) is 3.18. The van der Waals surface area contributed by atoms with Crippen LogP contribution in [0.25, 0.3) is 11.5 Å². The summed E-state index contributed by atoms with van der Waals surface area (Å²) in [6, 6.07) is 15.2. The molecule has 4 rings (SSSR count). The van der Waals surface area contributed by atoms with Crippen LogP contribution in [0, 0.1) is 0 Å². The summed E-state index contributed by atoms with van der Waals surface area (Å²) in [6.45, 7) is 1.21. The van der Waals surface area contributed by atoms with Gasteiger partial charge in [-0.3, -0.25) is 4.79 Å². The van der Waals surface area contributed by atoms with E-state index in [-0.39, 0.29) is 11.8 Å². The van der Waals surface area contributed by atoms with E-state index in [1.165, 1.54) is 5.56 Å². The number of amides is 1. The summed E-state index contributed by atoms with van der Waals surface area (Å²) >= 11 is 5.87. The van der Waals surface area contributed by atoms with Crippen molar-refractivity contribution in [2.24, 2.45) is 0 Å². The molecule has 1 aliphatic heterocycles. The van der Waals surface area contributed by atoms with Gasteiger partial charge in [0.1, 0.15) is 0 Å². The molecule has 1 aliphatic rings. The van der Waals surface area contributed by atoms with Crippen LogP contribution in [-0.4, -0.2) is 27.5 Å². The largest absolute Gasteiger partial charge is 0.412 e. The number of fused-ring (bicyclic) bond motifs is 1. The lowest BCUT2D eigenvalue weighted by Crippen LogP contribution is -2.36. The zero-order valence-electron chi connectivity index (χ0n) is 12.8. The molecule has 6 heteroatoms. The van der Waals surface area contributed by atoms with Crippen LogP contribution in [0.3, 0.4) is 0 Å². The highest BCUT2D eigenvalue weighted by Crippen LogP contribution is 2.23. The van der Waals surface area contributed by atoms with E-state index in [0.29, 0.717) is 24.0 Å². The third kappa shape index (κ3) is 2.78. The minimum absolute atomic E-state index is 0.0133. The van der Waals surface area contributed by atoms with E-state index < -0.39 is 0 Å². The van der Waals surface area contributed by atoms with Gasteiger partial charge in [-0.2, -0.15) is 0 Å². The first-order chi connectivity index (χ1) is 11.7. The average Bonchev–Trinajstić information content (AvgIpc) is 3.11. The van der Waals surface area contributed by atoms with Crippen molar-refractivity contribution in [3.8, 4) is 11.5 Å². The Kier molecular flexibility index (Phi) is 3.78. The van der Waals surface area contributed by atoms with Gasteiger partial charge < -0.3 is 9.32 Å². The Morgan fingerprint density at radius 3 is 2.58 bits per heavy atom. The van der Waals surface area contributed by atoms with Crippen molar-refractivity contribution in [1.29, 1.82) is 0 Å². The number of hydrogen-bond donors (Lipinski definition) is 0. The van der Waals surface area contributed by atoms with E-state index in [1.807, 2.05) is 18.2 Å². The van der Waals surface area contributed by atoms with Gasteiger partial charge in [0.15, 0.2) is 0 Å². The Balaban J connectivity index is 1.55. The maximum absolute atomic E-state index is 12.6. The molecule has 0 bridgehead atoms. The van der Waals surface area contributed by atoms with Crippen LogP contribution in [0.5, 0.6) is 0 Å². The monoisotopic (exact) mass is 339 g/mol. The lowest BCUT2D eigenvalue weighted by molar-refractivity contribution is 0.0695. The molecule has 120 valence electrons. The molecule has 2 aromatic carbocycles. The molecule has 0 saturated carbocycles. The smallest absolute Gasteiger partial charge is 0.311 e. The lowest BCUT2D eigenvalue weighted by Gasteiger charge is -2.27. The molecule has 2 heterocycles. The van der Waals surface area contributed by atoms with Crippen molar-refractivity contribution in [2.45, 2.75) is 13.0 Å². The van der Waals surface area contributed by atoms with Gasteiger partial charge in [0.05, 0.1) is 0 Å². The second-order valence-electron chi connectivity index (χ2n) is 5.66. The molecule has 0 unspecified atom stereocenters. The number of aromatic nitrogens is 2. The van der Waals surface area contributed by atoms with E-state index in [1.54, 1.807) is 29.2 Å². The molecule has 0 atom stereocenters. The van der Waals surface area contributed by atoms with Crippen LogP contribution < -0.4 is 0 Å². The number of carbonyl (C=O) groups is 1. The highest BCUT2D eigenvalue weighted by molar-refractivity contribution is 6.30. The number of halogens is 1. The van der Waals surface area contributed by atoms with Crippen molar-refractivity contribution >= 4 is 17.5 Å². The van der Waals surface area contributed by atoms with Gasteiger partial charge in [0.25, 0.3) is 0 Å². The highest BCUT2D eigenvalue weighted by Gasteiger charge is 2.25. The Morgan fingerprint density at radius 2 is 1.79 bits per heavy atom. The van der Waals surface area contributed by atoms with Gasteiger partial charge in [0, 0.05) is 23.7 Å². The van der Waals surface area contributed by atoms with Crippen molar-refractivity contribution in [3.63, 3.8) is 0 Å². The van der Waals surface area contributed by atoms with E-state index in [2.05, 4.69) is 16.3 Å². The quantitative estimate of drug-likeness (QED) is 0.716. The summed E-state index contributed by atoms with van der Waals surface area (Å²) in [6.07, 6.45) is 0.833. The third-order valence-corrected chi connectivity index (χ3v) is 4.37. The Morgan fingerprint density at radius 1 is 1.04 bits per heavy atom. The Bertz CT molecular complexity index is 889. The fourth-order valence-corrected chi connectivity index (χ4v) is 2.95. The maximum atomic E-state index is 12.6. The standard InChI is InChI=1S/C18H14ClN3O2/c19-15-7-5-13(6-8-15)16-20-21-17(24-16)18(23)22-10-9-12-3-1-2-4-14(12)11-22/h1-8H,9-11H2. The number of rotatable bonds is 2. The summed E-state index contributed by atoms with van der Waals surface area (Å²) < 4.78 is 5.56. The first kappa shape index (κ1) is 14.9. The molecule has 1 amide bonds. The SMILES string of the molecule is O=C(c1nnc(-c2ccc(Cl)cc2)o1)N1CCc2ccccc2C1. The Labute approximate surface area is 143 Å². The summed E-state index contributed by atoms with van der Waals surface area (Å²) in [7, 11) is 0. The normalized spacial score (nSPS) is 13.6. The molecule has 5 nitrogen and oxygen atoms in total. The first-order valence-electron chi connectivity index (χ1n) is 7.66. The second kappa shape index (κ2) is 6.09. The second-order valence-corrected chi connectivity index (χ2v) is 6.10. The number of hydrogen-bond acceptors (Lipinski definition) is 4. The molecule has 0 spiro atoms. The fourth-order valence-electron chi connectivity index (χ4n) is 2.82. The van der Waals surface area contributed by atoms with E-state index in [0.717, 1.165) is 17.5 Å². The molecular weight excluding hydrogens is 326 g/mol. The van der Waals surface area contributed by atoms with Crippen LogP contribution in [0.2, 0.25) is 5.02 Å². The van der Waals surface area contributed by atoms with Gasteiger partial charge >= 0.3 is 11.8 Å². The fraction of sp³-hybridized carbons (Fsp3) is 0.167. The number of carbonyl (C=O) groups excluding carboxylic acids is 1. The van der Waals surface area contributed by atoms with E-state index in [9.17, 15) is 4.79 Å². The van der Waals surface area contributed by atoms with Crippen LogP contribution in [0.4, 0.5) is 0 Å². The van der Waals surface area contributed by atoms with Crippen LogP contribution in [0.15, 0.2) is 52.9 Å². The predicted octanol–water partition coefficient (Wildman–Crippen LogP) is 3.59. The van der Waals surface area contributed by atoms with Gasteiger partial charge in [0.2, 0.25) is 5.89 Å². The minimum Gasteiger partial charge on any atom is -0.412 e. The van der Waals surface area contributed by atoms with Crippen LogP contribution >= 0.6 is 11.6 Å². The molecule has 24 heavy (non-hydrogen) atoms.